The van der Waals surface area contributed by atoms with Crippen molar-refractivity contribution in [2.45, 2.75) is 38.7 Å². The van der Waals surface area contributed by atoms with Crippen molar-refractivity contribution in [3.05, 3.63) is 33.3 Å². The van der Waals surface area contributed by atoms with Gasteiger partial charge >= 0.3 is 0 Å². The second-order valence-corrected chi connectivity index (χ2v) is 8.17. The van der Waals surface area contributed by atoms with Crippen LogP contribution in [0.4, 0.5) is 5.13 Å². The number of hydrogen-bond acceptors (Lipinski definition) is 6. The number of carbonyl (C=O) groups is 1. The first-order valence-electron chi connectivity index (χ1n) is 8.03. The molecule has 126 valence electrons. The van der Waals surface area contributed by atoms with Crippen LogP contribution in [-0.4, -0.2) is 34.7 Å². The lowest BCUT2D eigenvalue weighted by Crippen LogP contribution is -2.51. The summed E-state index contributed by atoms with van der Waals surface area (Å²) in [5.41, 5.74) is 1.14. The molecule has 0 N–H and O–H groups in total. The van der Waals surface area contributed by atoms with Gasteiger partial charge in [0.25, 0.3) is 0 Å². The molecule has 7 heteroatoms. The number of hydrogen-bond donors (Lipinski definition) is 0. The van der Waals surface area contributed by atoms with E-state index in [9.17, 15) is 4.79 Å². The van der Waals surface area contributed by atoms with Crippen LogP contribution < -0.4 is 9.64 Å². The van der Waals surface area contributed by atoms with Crippen molar-refractivity contribution in [3.8, 4) is 5.75 Å². The van der Waals surface area contributed by atoms with E-state index in [2.05, 4.69) is 15.1 Å². The van der Waals surface area contributed by atoms with Crippen molar-refractivity contribution in [1.82, 2.24) is 10.2 Å². The number of rotatable bonds is 1. The van der Waals surface area contributed by atoms with E-state index in [1.165, 1.54) is 0 Å². The van der Waals surface area contributed by atoms with Crippen LogP contribution in [0.25, 0.3) is 0 Å². The van der Waals surface area contributed by atoms with Crippen molar-refractivity contribution in [3.63, 3.8) is 0 Å². The number of carbonyl (C=O) groups excluding carboxylic acids is 1. The minimum absolute atomic E-state index is 0.127. The zero-order chi connectivity index (χ0) is 16.9. The van der Waals surface area contributed by atoms with Gasteiger partial charge in [0.15, 0.2) is 5.78 Å². The molecule has 24 heavy (non-hydrogen) atoms. The Morgan fingerprint density at radius 1 is 1.25 bits per heavy atom. The first-order valence-corrected chi connectivity index (χ1v) is 9.23. The zero-order valence-electron chi connectivity index (χ0n) is 13.6. The highest BCUT2D eigenvalue weighted by Gasteiger charge is 2.43. The molecule has 0 amide bonds. The number of ketones is 1. The number of halogens is 1. The van der Waals surface area contributed by atoms with Crippen molar-refractivity contribution < 1.29 is 9.53 Å². The van der Waals surface area contributed by atoms with Gasteiger partial charge in [-0.15, -0.1) is 10.2 Å². The van der Waals surface area contributed by atoms with Crippen LogP contribution in [0.3, 0.4) is 0 Å². The largest absolute Gasteiger partial charge is 0.486 e. The Morgan fingerprint density at radius 3 is 2.67 bits per heavy atom. The first kappa shape index (κ1) is 15.8. The van der Waals surface area contributed by atoms with Gasteiger partial charge in [0.1, 0.15) is 16.4 Å². The van der Waals surface area contributed by atoms with Crippen LogP contribution in [0.2, 0.25) is 5.02 Å². The predicted molar refractivity (Wildman–Crippen MR) is 94.6 cm³/mol. The molecule has 3 heterocycles. The average Bonchev–Trinajstić information content (AvgIpc) is 2.96. The van der Waals surface area contributed by atoms with Gasteiger partial charge in [-0.25, -0.2) is 0 Å². The number of aromatic nitrogens is 2. The van der Waals surface area contributed by atoms with Crippen LogP contribution in [-0.2, 0) is 0 Å². The van der Waals surface area contributed by atoms with Gasteiger partial charge in [0, 0.05) is 31.0 Å². The van der Waals surface area contributed by atoms with E-state index in [1.807, 2.05) is 19.9 Å². The minimum Gasteiger partial charge on any atom is -0.486 e. The highest BCUT2D eigenvalue weighted by Crippen LogP contribution is 2.42. The van der Waals surface area contributed by atoms with Gasteiger partial charge in [-0.1, -0.05) is 22.9 Å². The molecule has 0 radical (unpaired) electrons. The maximum Gasteiger partial charge on any atom is 0.208 e. The van der Waals surface area contributed by atoms with Crippen molar-refractivity contribution in [1.29, 1.82) is 0 Å². The fourth-order valence-corrected chi connectivity index (χ4v) is 4.52. The SMILES string of the molecule is Cc1nnc(N2CCC3(CC2)CC(=O)c2cc(Cl)cc(C)c2O3)s1. The summed E-state index contributed by atoms with van der Waals surface area (Å²) >= 11 is 7.69. The molecule has 1 saturated heterocycles. The Labute approximate surface area is 149 Å². The smallest absolute Gasteiger partial charge is 0.208 e. The van der Waals surface area contributed by atoms with Crippen LogP contribution in [0.5, 0.6) is 5.75 Å². The Morgan fingerprint density at radius 2 is 2.00 bits per heavy atom. The molecular formula is C17H18ClN3O2S. The summed E-state index contributed by atoms with van der Waals surface area (Å²) in [6.07, 6.45) is 2.03. The predicted octanol–water partition coefficient (Wildman–Crippen LogP) is 3.81. The number of nitrogens with zero attached hydrogens (tertiary/aromatic N) is 3. The fourth-order valence-electron chi connectivity index (χ4n) is 3.51. The molecule has 5 nitrogen and oxygen atoms in total. The maximum atomic E-state index is 12.6. The summed E-state index contributed by atoms with van der Waals surface area (Å²) in [5.74, 6) is 0.831. The molecule has 0 saturated carbocycles. The molecular weight excluding hydrogens is 346 g/mol. The Kier molecular flexibility index (Phi) is 3.77. The second kappa shape index (κ2) is 5.70. The zero-order valence-corrected chi connectivity index (χ0v) is 15.2. The molecule has 2 aliphatic rings. The topological polar surface area (TPSA) is 55.3 Å². The maximum absolute atomic E-state index is 12.6. The number of Topliss-reactive ketones (excluding diaryl/α,β-unsaturated/α-hetero) is 1. The second-order valence-electron chi connectivity index (χ2n) is 6.58. The summed E-state index contributed by atoms with van der Waals surface area (Å²) in [6.45, 7) is 5.55. The van der Waals surface area contributed by atoms with Crippen LogP contribution >= 0.6 is 22.9 Å². The van der Waals surface area contributed by atoms with Gasteiger partial charge in [0.05, 0.1) is 12.0 Å². The third-order valence-electron chi connectivity index (χ3n) is 4.80. The van der Waals surface area contributed by atoms with Crippen molar-refractivity contribution in [2.24, 2.45) is 0 Å². The molecule has 1 aromatic carbocycles. The lowest BCUT2D eigenvalue weighted by molar-refractivity contribution is 0.0226. The molecule has 0 atom stereocenters. The number of benzene rings is 1. The third-order valence-corrected chi connectivity index (χ3v) is 5.92. The lowest BCUT2D eigenvalue weighted by atomic mass is 9.82. The number of fused-ring (bicyclic) bond motifs is 1. The van der Waals surface area contributed by atoms with Crippen molar-refractivity contribution in [2.75, 3.05) is 18.0 Å². The van der Waals surface area contributed by atoms with E-state index in [1.54, 1.807) is 17.4 Å². The molecule has 2 aromatic rings. The van der Waals surface area contributed by atoms with Gasteiger partial charge in [-0.05, 0) is 31.5 Å². The first-order chi connectivity index (χ1) is 11.5. The van der Waals surface area contributed by atoms with E-state index in [0.717, 1.165) is 41.6 Å². The van der Waals surface area contributed by atoms with Crippen molar-refractivity contribution >= 4 is 33.9 Å². The summed E-state index contributed by atoms with van der Waals surface area (Å²) in [6, 6.07) is 3.57. The standard InChI is InChI=1S/C17H18ClN3O2S/c1-10-7-12(18)8-13-14(22)9-17(23-15(10)13)3-5-21(6-4-17)16-20-19-11(2)24-16/h7-8H,3-6,9H2,1-2H3. The molecule has 0 bridgehead atoms. The van der Waals surface area contributed by atoms with E-state index in [0.29, 0.717) is 22.8 Å². The van der Waals surface area contributed by atoms with E-state index in [-0.39, 0.29) is 5.78 Å². The van der Waals surface area contributed by atoms with E-state index >= 15 is 0 Å². The highest BCUT2D eigenvalue weighted by atomic mass is 35.5. The Bertz CT molecular complexity index is 812. The quantitative estimate of drug-likeness (QED) is 0.771. The third kappa shape index (κ3) is 2.67. The van der Waals surface area contributed by atoms with Gasteiger partial charge in [-0.2, -0.15) is 0 Å². The summed E-state index contributed by atoms with van der Waals surface area (Å²) in [4.78, 5) is 14.9. The van der Waals surface area contributed by atoms with Gasteiger partial charge in [-0.3, -0.25) is 4.79 Å². The molecule has 1 fully saturated rings. The summed E-state index contributed by atoms with van der Waals surface area (Å²) in [5, 5.41) is 10.8. The molecule has 0 aliphatic carbocycles. The molecule has 0 unspecified atom stereocenters. The Hall–Kier alpha value is -1.66. The number of aryl methyl sites for hydroxylation is 2. The Balaban J connectivity index is 1.57. The highest BCUT2D eigenvalue weighted by molar-refractivity contribution is 7.15. The molecule has 1 aromatic heterocycles. The van der Waals surface area contributed by atoms with E-state index in [4.69, 9.17) is 16.3 Å². The van der Waals surface area contributed by atoms with E-state index < -0.39 is 5.60 Å². The number of anilines is 1. The monoisotopic (exact) mass is 363 g/mol. The van der Waals surface area contributed by atoms with Crippen LogP contribution in [0, 0.1) is 13.8 Å². The van der Waals surface area contributed by atoms with Crippen LogP contribution in [0.1, 0.15) is 40.2 Å². The molecule has 1 spiro atoms. The normalized spacial score (nSPS) is 19.3. The summed E-state index contributed by atoms with van der Waals surface area (Å²) < 4.78 is 6.37. The van der Waals surface area contributed by atoms with Gasteiger partial charge in [0.2, 0.25) is 5.13 Å². The van der Waals surface area contributed by atoms with Gasteiger partial charge < -0.3 is 9.64 Å². The van der Waals surface area contributed by atoms with Crippen LogP contribution in [0.15, 0.2) is 12.1 Å². The molecule has 4 rings (SSSR count). The lowest BCUT2D eigenvalue weighted by Gasteiger charge is -2.44. The summed E-state index contributed by atoms with van der Waals surface area (Å²) in [7, 11) is 0. The average molecular weight is 364 g/mol. The fraction of sp³-hybridized carbons (Fsp3) is 0.471. The number of piperidine rings is 1. The number of ether oxygens (including phenoxy) is 1. The minimum atomic E-state index is -0.404. The molecule has 2 aliphatic heterocycles.